The lowest BCUT2D eigenvalue weighted by Crippen LogP contribution is -2.19. The number of hydrogen-bond acceptors (Lipinski definition) is 10. The highest BCUT2D eigenvalue weighted by molar-refractivity contribution is 7.99. The molecule has 0 spiro atoms. The number of benzene rings is 3. The summed E-state index contributed by atoms with van der Waals surface area (Å²) in [6.45, 7) is 0. The van der Waals surface area contributed by atoms with Crippen LogP contribution in [-0.4, -0.2) is 61.3 Å². The Morgan fingerprint density at radius 2 is 1.39 bits per heavy atom. The van der Waals surface area contributed by atoms with Gasteiger partial charge in [-0.05, 0) is 47.6 Å². The standard InChI is InChI=1S/C19H14ClFN6O2S.C11H8ClN5OS/c20-12-6-2-1-5-11(12)9-15-17(29)23-18-24-25-19(27(18)26-15)30-10-16(28)22-14-8-4-3-7-13(14)21;12-7-4-2-1-3-6(7)5-8-9(18)13-10-14-15-11(19)17(10)16-8/h1-8H,9-10H2,(H,22,28)(H,23,24,29);1-4H,5H2,(H,15,19)(H,13,14,18). The van der Waals surface area contributed by atoms with E-state index in [4.69, 9.17) is 35.4 Å². The van der Waals surface area contributed by atoms with Gasteiger partial charge in [0.2, 0.25) is 15.8 Å². The molecule has 248 valence electrons. The average molecular weight is 739 g/mol. The first-order chi connectivity index (χ1) is 23.7. The van der Waals surface area contributed by atoms with Crippen LogP contribution in [0.5, 0.6) is 0 Å². The Hall–Kier alpha value is -5.23. The number of para-hydroxylation sites is 1. The predicted molar refractivity (Wildman–Crippen MR) is 184 cm³/mol. The lowest BCUT2D eigenvalue weighted by Gasteiger charge is -2.06. The largest absolute Gasteiger partial charge is 0.323 e. The topological polar surface area (TPSA) is 184 Å². The van der Waals surface area contributed by atoms with E-state index in [1.807, 2.05) is 30.3 Å². The molecule has 4 heterocycles. The molecule has 49 heavy (non-hydrogen) atoms. The maximum Gasteiger partial charge on any atom is 0.274 e. The van der Waals surface area contributed by atoms with Crippen LogP contribution in [-0.2, 0) is 17.6 Å². The normalized spacial score (nSPS) is 11.0. The Morgan fingerprint density at radius 3 is 2.02 bits per heavy atom. The van der Waals surface area contributed by atoms with Gasteiger partial charge in [-0.25, -0.2) is 9.49 Å². The Morgan fingerprint density at radius 1 is 0.816 bits per heavy atom. The minimum Gasteiger partial charge on any atom is -0.323 e. The molecule has 14 nitrogen and oxygen atoms in total. The number of hydrogen-bond donors (Lipinski definition) is 4. The van der Waals surface area contributed by atoms with E-state index in [1.54, 1.807) is 24.3 Å². The van der Waals surface area contributed by atoms with Crippen LogP contribution in [0.15, 0.2) is 87.5 Å². The highest BCUT2D eigenvalue weighted by atomic mass is 35.5. The fourth-order valence-electron chi connectivity index (χ4n) is 4.42. The summed E-state index contributed by atoms with van der Waals surface area (Å²) in [6, 6.07) is 20.4. The molecule has 0 unspecified atom stereocenters. The van der Waals surface area contributed by atoms with E-state index in [1.165, 1.54) is 27.2 Å². The second-order valence-electron chi connectivity index (χ2n) is 10.1. The van der Waals surface area contributed by atoms with Crippen LogP contribution >= 0.6 is 47.2 Å². The fourth-order valence-corrected chi connectivity index (χ4v) is 5.68. The van der Waals surface area contributed by atoms with Gasteiger partial charge < -0.3 is 5.32 Å². The molecule has 0 bridgehead atoms. The van der Waals surface area contributed by atoms with Crippen molar-refractivity contribution in [3.63, 3.8) is 0 Å². The Bertz CT molecular complexity index is 2500. The molecule has 7 aromatic rings. The molecule has 19 heteroatoms. The van der Waals surface area contributed by atoms with Gasteiger partial charge >= 0.3 is 0 Å². The molecule has 0 aliphatic rings. The van der Waals surface area contributed by atoms with Gasteiger partial charge in [-0.15, -0.1) is 15.3 Å². The van der Waals surface area contributed by atoms with Crippen LogP contribution < -0.4 is 16.4 Å². The number of halogens is 3. The monoisotopic (exact) mass is 737 g/mol. The summed E-state index contributed by atoms with van der Waals surface area (Å²) in [6.07, 6.45) is 0.554. The molecular weight excluding hydrogens is 716 g/mol. The molecule has 0 saturated carbocycles. The highest BCUT2D eigenvalue weighted by Gasteiger charge is 2.15. The third-order valence-corrected chi connectivity index (χ3v) is 8.71. The number of thioether (sulfide) groups is 1. The van der Waals surface area contributed by atoms with E-state index >= 15 is 0 Å². The van der Waals surface area contributed by atoms with Crippen molar-refractivity contribution in [1.82, 2.24) is 49.6 Å². The van der Waals surface area contributed by atoms with Gasteiger partial charge in [0.25, 0.3) is 22.7 Å². The quantitative estimate of drug-likeness (QED) is 0.127. The summed E-state index contributed by atoms with van der Waals surface area (Å²) in [7, 11) is 0. The lowest BCUT2D eigenvalue weighted by atomic mass is 10.1. The summed E-state index contributed by atoms with van der Waals surface area (Å²) in [4.78, 5) is 41.6. The molecule has 0 fully saturated rings. The number of fused-ring (bicyclic) bond motifs is 2. The van der Waals surface area contributed by atoms with Gasteiger partial charge in [-0.3, -0.25) is 24.4 Å². The zero-order chi connectivity index (χ0) is 34.5. The van der Waals surface area contributed by atoms with Crippen molar-refractivity contribution >= 4 is 70.3 Å². The first kappa shape index (κ1) is 33.7. The number of anilines is 1. The predicted octanol–water partition coefficient (Wildman–Crippen LogP) is 4.65. The smallest absolute Gasteiger partial charge is 0.274 e. The number of nitrogens with zero attached hydrogens (tertiary/aromatic N) is 7. The Kier molecular flexibility index (Phi) is 10.2. The molecule has 0 saturated heterocycles. The van der Waals surface area contributed by atoms with E-state index in [9.17, 15) is 18.8 Å². The van der Waals surface area contributed by atoms with E-state index in [0.717, 1.165) is 22.9 Å². The molecule has 4 aromatic heterocycles. The molecule has 3 aromatic carbocycles. The summed E-state index contributed by atoms with van der Waals surface area (Å²) >= 11 is 18.3. The summed E-state index contributed by atoms with van der Waals surface area (Å²) in [5.74, 6) is -0.539. The number of carbonyl (C=O) groups is 1. The first-order valence-corrected chi connectivity index (χ1v) is 16.4. The number of amides is 1. The molecule has 0 aliphatic heterocycles. The average Bonchev–Trinajstić information content (AvgIpc) is 3.65. The van der Waals surface area contributed by atoms with Crippen molar-refractivity contribution in [2.45, 2.75) is 18.0 Å². The van der Waals surface area contributed by atoms with Crippen molar-refractivity contribution in [3.8, 4) is 0 Å². The molecule has 0 radical (unpaired) electrons. The molecule has 0 atom stereocenters. The van der Waals surface area contributed by atoms with Gasteiger partial charge in [0.05, 0.1) is 11.4 Å². The van der Waals surface area contributed by atoms with Crippen LogP contribution in [0.1, 0.15) is 22.5 Å². The zero-order valence-corrected chi connectivity index (χ0v) is 28.0. The number of H-pyrrole nitrogens is 3. The minimum absolute atomic E-state index is 0.0459. The van der Waals surface area contributed by atoms with Crippen LogP contribution in [0.4, 0.5) is 10.1 Å². The van der Waals surface area contributed by atoms with E-state index in [0.29, 0.717) is 32.1 Å². The van der Waals surface area contributed by atoms with Crippen LogP contribution in [0.3, 0.4) is 0 Å². The van der Waals surface area contributed by atoms with Crippen molar-refractivity contribution in [1.29, 1.82) is 0 Å². The van der Waals surface area contributed by atoms with Gasteiger partial charge in [0.1, 0.15) is 17.2 Å². The van der Waals surface area contributed by atoms with Crippen molar-refractivity contribution in [2.75, 3.05) is 11.1 Å². The maximum atomic E-state index is 13.7. The zero-order valence-electron chi connectivity index (χ0n) is 24.9. The van der Waals surface area contributed by atoms with Crippen molar-refractivity contribution < 1.29 is 9.18 Å². The van der Waals surface area contributed by atoms with Crippen molar-refractivity contribution in [3.05, 3.63) is 137 Å². The maximum absolute atomic E-state index is 13.7. The van der Waals surface area contributed by atoms with E-state index in [-0.39, 0.29) is 40.7 Å². The summed E-state index contributed by atoms with van der Waals surface area (Å²) < 4.78 is 16.7. The molecule has 0 aliphatic carbocycles. The molecule has 7 rings (SSSR count). The highest BCUT2D eigenvalue weighted by Crippen LogP contribution is 2.20. The number of aromatic amines is 3. The minimum atomic E-state index is -0.521. The third-order valence-electron chi connectivity index (χ3n) is 6.79. The van der Waals surface area contributed by atoms with E-state index < -0.39 is 17.3 Å². The van der Waals surface area contributed by atoms with Crippen molar-refractivity contribution in [2.24, 2.45) is 0 Å². The van der Waals surface area contributed by atoms with Gasteiger partial charge in [-0.2, -0.15) is 19.2 Å². The SMILES string of the molecule is O=C(CSc1nnc2[nH]c(=O)c(Cc3ccccc3Cl)nn12)Nc1ccccc1F.O=c1[nH]c2n[nH]c(=S)n2nc1Cc1ccccc1Cl. The lowest BCUT2D eigenvalue weighted by molar-refractivity contribution is -0.113. The van der Waals surface area contributed by atoms with Crippen LogP contribution in [0.25, 0.3) is 11.6 Å². The third kappa shape index (κ3) is 7.92. The van der Waals surface area contributed by atoms with Crippen LogP contribution in [0.2, 0.25) is 10.0 Å². The van der Waals surface area contributed by atoms with Crippen LogP contribution in [0, 0.1) is 10.6 Å². The van der Waals surface area contributed by atoms with Gasteiger partial charge in [0, 0.05) is 22.9 Å². The number of rotatable bonds is 8. The number of nitrogens with one attached hydrogen (secondary N) is 4. The fraction of sp³-hybridized carbons (Fsp3) is 0.100. The van der Waals surface area contributed by atoms with Gasteiger partial charge in [0.15, 0.2) is 0 Å². The number of aromatic nitrogens is 10. The summed E-state index contributed by atoms with van der Waals surface area (Å²) in [5.41, 5.74) is 1.54. The Balaban J connectivity index is 0.000000188. The molecule has 4 N–H and O–H groups in total. The second kappa shape index (κ2) is 14.9. The molecule has 1 amide bonds. The Labute approximate surface area is 293 Å². The molecular formula is C30H22Cl2FN11O3S2. The van der Waals surface area contributed by atoms with E-state index in [2.05, 4.69) is 45.9 Å². The first-order valence-electron chi connectivity index (χ1n) is 14.2. The second-order valence-corrected chi connectivity index (χ2v) is 12.3. The van der Waals surface area contributed by atoms with Gasteiger partial charge in [-0.1, -0.05) is 83.5 Å². The summed E-state index contributed by atoms with van der Waals surface area (Å²) in [5, 5.41) is 26.7. The number of carbonyl (C=O) groups excluding carboxylic acids is 1.